The Kier molecular flexibility index (Phi) is 4.39. The molecule has 1 N–H and O–H groups in total. The van der Waals surface area contributed by atoms with Crippen molar-refractivity contribution in [3.8, 4) is 0 Å². The Bertz CT molecular complexity index is 499. The van der Waals surface area contributed by atoms with Crippen LogP contribution in [0.1, 0.15) is 24.3 Å². The van der Waals surface area contributed by atoms with E-state index < -0.39 is 0 Å². The molecule has 1 heterocycles. The van der Waals surface area contributed by atoms with Crippen molar-refractivity contribution < 1.29 is 8.81 Å². The van der Waals surface area contributed by atoms with Crippen molar-refractivity contribution in [2.24, 2.45) is 0 Å². The van der Waals surface area contributed by atoms with Crippen molar-refractivity contribution in [1.29, 1.82) is 0 Å². The Morgan fingerprint density at radius 2 is 2.17 bits per heavy atom. The summed E-state index contributed by atoms with van der Waals surface area (Å²) >= 11 is 5.78. The lowest BCUT2D eigenvalue weighted by molar-refractivity contribution is 0.412. The van der Waals surface area contributed by atoms with Gasteiger partial charge in [-0.25, -0.2) is 4.39 Å². The molecule has 1 aromatic carbocycles. The number of likely N-dealkylation sites (N-methyl/N-ethyl adjacent to an activating group) is 1. The first-order valence-electron chi connectivity index (χ1n) is 5.92. The van der Waals surface area contributed by atoms with Gasteiger partial charge in [0.2, 0.25) is 0 Å². The van der Waals surface area contributed by atoms with Gasteiger partial charge in [-0.2, -0.15) is 0 Å². The first-order chi connectivity index (χ1) is 8.72. The Labute approximate surface area is 111 Å². The van der Waals surface area contributed by atoms with Crippen molar-refractivity contribution in [1.82, 2.24) is 5.32 Å². The smallest absolute Gasteiger partial charge is 0.145 e. The number of benzene rings is 1. The summed E-state index contributed by atoms with van der Waals surface area (Å²) in [5.74, 6) is 0.449. The van der Waals surface area contributed by atoms with Crippen molar-refractivity contribution >= 4 is 11.6 Å². The van der Waals surface area contributed by atoms with Crippen molar-refractivity contribution in [3.05, 3.63) is 58.8 Å². The minimum Gasteiger partial charge on any atom is -0.468 e. The second kappa shape index (κ2) is 6.03. The van der Waals surface area contributed by atoms with Crippen molar-refractivity contribution in [2.45, 2.75) is 19.4 Å². The summed E-state index contributed by atoms with van der Waals surface area (Å²) < 4.78 is 19.2. The summed E-state index contributed by atoms with van der Waals surface area (Å²) in [6.07, 6.45) is 2.13. The fourth-order valence-electron chi connectivity index (χ4n) is 1.94. The average Bonchev–Trinajstić information content (AvgIpc) is 2.88. The highest BCUT2D eigenvalue weighted by molar-refractivity contribution is 6.30. The summed E-state index contributed by atoms with van der Waals surface area (Å²) in [5.41, 5.74) is 0.588. The van der Waals surface area contributed by atoms with Gasteiger partial charge >= 0.3 is 0 Å². The van der Waals surface area contributed by atoms with Gasteiger partial charge in [0.1, 0.15) is 11.6 Å². The molecule has 0 spiro atoms. The first-order valence-corrected chi connectivity index (χ1v) is 6.29. The maximum Gasteiger partial charge on any atom is 0.145 e. The molecule has 0 aliphatic heterocycles. The van der Waals surface area contributed by atoms with Crippen LogP contribution in [0.25, 0.3) is 0 Å². The molecule has 0 saturated carbocycles. The Morgan fingerprint density at radius 1 is 1.33 bits per heavy atom. The highest BCUT2D eigenvalue weighted by atomic mass is 35.5. The zero-order valence-electron chi connectivity index (χ0n) is 10.1. The van der Waals surface area contributed by atoms with Crippen LogP contribution in [0.4, 0.5) is 4.39 Å². The summed E-state index contributed by atoms with van der Waals surface area (Å²) in [7, 11) is 0. The van der Waals surface area contributed by atoms with Gasteiger partial charge in [0.05, 0.1) is 17.3 Å². The molecule has 2 aromatic rings. The number of rotatable bonds is 5. The Morgan fingerprint density at radius 3 is 2.83 bits per heavy atom. The quantitative estimate of drug-likeness (QED) is 0.887. The van der Waals surface area contributed by atoms with E-state index >= 15 is 0 Å². The molecule has 1 atom stereocenters. The van der Waals surface area contributed by atoms with Crippen LogP contribution in [0.15, 0.2) is 41.0 Å². The third kappa shape index (κ3) is 2.92. The molecule has 18 heavy (non-hydrogen) atoms. The van der Waals surface area contributed by atoms with E-state index in [4.69, 9.17) is 16.0 Å². The number of hydrogen-bond acceptors (Lipinski definition) is 2. The monoisotopic (exact) mass is 267 g/mol. The lowest BCUT2D eigenvalue weighted by atomic mass is 10.0. The van der Waals surface area contributed by atoms with E-state index in [2.05, 4.69) is 5.32 Å². The van der Waals surface area contributed by atoms with Crippen LogP contribution in [0.5, 0.6) is 0 Å². The molecule has 2 rings (SSSR count). The minimum atomic E-state index is -0.353. The van der Waals surface area contributed by atoms with Crippen LogP contribution in [-0.4, -0.2) is 6.54 Å². The molecule has 0 amide bonds. The number of furan rings is 1. The van der Waals surface area contributed by atoms with E-state index in [-0.39, 0.29) is 16.9 Å². The molecule has 0 bridgehead atoms. The molecule has 1 unspecified atom stereocenters. The summed E-state index contributed by atoms with van der Waals surface area (Å²) in [5, 5.41) is 3.43. The normalized spacial score (nSPS) is 12.6. The van der Waals surface area contributed by atoms with Gasteiger partial charge in [-0.05, 0) is 36.7 Å². The molecule has 1 aromatic heterocycles. The lowest BCUT2D eigenvalue weighted by Crippen LogP contribution is -2.22. The van der Waals surface area contributed by atoms with Crippen LogP contribution >= 0.6 is 11.6 Å². The van der Waals surface area contributed by atoms with Crippen LogP contribution in [-0.2, 0) is 6.42 Å². The number of halogens is 2. The summed E-state index contributed by atoms with van der Waals surface area (Å²) in [6.45, 7) is 2.79. The maximum absolute atomic E-state index is 13.9. The third-order valence-corrected chi connectivity index (χ3v) is 3.08. The van der Waals surface area contributed by atoms with E-state index in [9.17, 15) is 4.39 Å². The summed E-state index contributed by atoms with van der Waals surface area (Å²) in [6, 6.07) is 8.72. The highest BCUT2D eigenvalue weighted by Crippen LogP contribution is 2.24. The zero-order chi connectivity index (χ0) is 13.0. The molecular formula is C14H15ClFNO. The van der Waals surface area contributed by atoms with Gasteiger partial charge < -0.3 is 9.73 Å². The SMILES string of the molecule is CCNC(Cc1cccc(Cl)c1F)c1ccco1. The Balaban J connectivity index is 2.21. The van der Waals surface area contributed by atoms with E-state index in [0.29, 0.717) is 12.0 Å². The fraction of sp³-hybridized carbons (Fsp3) is 0.286. The van der Waals surface area contributed by atoms with Crippen LogP contribution in [0.3, 0.4) is 0 Å². The van der Waals surface area contributed by atoms with Gasteiger partial charge in [0.25, 0.3) is 0 Å². The molecule has 0 saturated heterocycles. The predicted molar refractivity (Wildman–Crippen MR) is 70.2 cm³/mol. The lowest BCUT2D eigenvalue weighted by Gasteiger charge is -2.16. The molecule has 2 nitrogen and oxygen atoms in total. The van der Waals surface area contributed by atoms with Crippen molar-refractivity contribution in [2.75, 3.05) is 6.54 Å². The van der Waals surface area contributed by atoms with E-state index in [0.717, 1.165) is 12.3 Å². The number of nitrogens with one attached hydrogen (secondary N) is 1. The standard InChI is InChI=1S/C14H15ClFNO/c1-2-17-12(13-7-4-8-18-13)9-10-5-3-6-11(15)14(10)16/h3-8,12,17H,2,9H2,1H3. The van der Waals surface area contributed by atoms with Gasteiger partial charge in [-0.15, -0.1) is 0 Å². The second-order valence-corrected chi connectivity index (χ2v) is 4.45. The molecule has 0 fully saturated rings. The Hall–Kier alpha value is -1.32. The minimum absolute atomic E-state index is 0.0435. The number of hydrogen-bond donors (Lipinski definition) is 1. The topological polar surface area (TPSA) is 25.2 Å². The zero-order valence-corrected chi connectivity index (χ0v) is 10.9. The van der Waals surface area contributed by atoms with Crippen LogP contribution in [0, 0.1) is 5.82 Å². The van der Waals surface area contributed by atoms with E-state index in [1.165, 1.54) is 0 Å². The molecule has 0 aliphatic rings. The van der Waals surface area contributed by atoms with E-state index in [1.54, 1.807) is 24.5 Å². The van der Waals surface area contributed by atoms with Gasteiger partial charge in [0.15, 0.2) is 0 Å². The third-order valence-electron chi connectivity index (χ3n) is 2.79. The van der Waals surface area contributed by atoms with Crippen LogP contribution in [0.2, 0.25) is 5.02 Å². The molecule has 0 aliphatic carbocycles. The second-order valence-electron chi connectivity index (χ2n) is 4.04. The first kappa shape index (κ1) is 13.1. The maximum atomic E-state index is 13.9. The molecule has 0 radical (unpaired) electrons. The summed E-state index contributed by atoms with van der Waals surface area (Å²) in [4.78, 5) is 0. The van der Waals surface area contributed by atoms with E-state index in [1.807, 2.05) is 19.1 Å². The molecule has 96 valence electrons. The average molecular weight is 268 g/mol. The molecule has 4 heteroatoms. The van der Waals surface area contributed by atoms with Gasteiger partial charge in [-0.3, -0.25) is 0 Å². The largest absolute Gasteiger partial charge is 0.468 e. The predicted octanol–water partition coefficient (Wildman–Crippen LogP) is 3.97. The molecular weight excluding hydrogens is 253 g/mol. The highest BCUT2D eigenvalue weighted by Gasteiger charge is 2.16. The van der Waals surface area contributed by atoms with Crippen LogP contribution < -0.4 is 5.32 Å². The van der Waals surface area contributed by atoms with Crippen molar-refractivity contribution in [3.63, 3.8) is 0 Å². The van der Waals surface area contributed by atoms with Gasteiger partial charge in [0, 0.05) is 0 Å². The van der Waals surface area contributed by atoms with Gasteiger partial charge in [-0.1, -0.05) is 30.7 Å². The fourth-order valence-corrected chi connectivity index (χ4v) is 2.13.